The van der Waals surface area contributed by atoms with Crippen LogP contribution in [0.5, 0.6) is 5.75 Å². The highest BCUT2D eigenvalue weighted by molar-refractivity contribution is 5.95. The van der Waals surface area contributed by atoms with E-state index in [9.17, 15) is 15.0 Å². The number of hydrogen-bond donors (Lipinski definition) is 2. The minimum absolute atomic E-state index is 0.0448. The summed E-state index contributed by atoms with van der Waals surface area (Å²) in [5.74, 6) is 0.551. The molecule has 132 valence electrons. The van der Waals surface area contributed by atoms with Gasteiger partial charge in [0.2, 0.25) is 0 Å². The van der Waals surface area contributed by atoms with Crippen molar-refractivity contribution in [2.24, 2.45) is 5.92 Å². The number of para-hydroxylation sites is 1. The lowest BCUT2D eigenvalue weighted by Gasteiger charge is -2.35. The highest BCUT2D eigenvalue weighted by Crippen LogP contribution is 2.30. The Morgan fingerprint density at radius 2 is 1.92 bits per heavy atom. The molecule has 5 nitrogen and oxygen atoms in total. The number of β-amino-alcohol motifs (C(OH)–C–C–N with tert-alkyl or cyclic N) is 1. The van der Waals surface area contributed by atoms with Crippen LogP contribution in [0.4, 0.5) is 0 Å². The second kappa shape index (κ2) is 7.68. The van der Waals surface area contributed by atoms with E-state index in [0.717, 1.165) is 16.9 Å². The molecule has 2 aromatic carbocycles. The third-order valence-electron chi connectivity index (χ3n) is 4.79. The topological polar surface area (TPSA) is 70.0 Å². The van der Waals surface area contributed by atoms with E-state index in [2.05, 4.69) is 0 Å². The third kappa shape index (κ3) is 3.67. The van der Waals surface area contributed by atoms with Crippen LogP contribution in [-0.4, -0.2) is 53.9 Å². The molecule has 2 atom stereocenters. The van der Waals surface area contributed by atoms with Crippen LogP contribution >= 0.6 is 0 Å². The molecule has 0 saturated carbocycles. The number of piperidine rings is 1. The fourth-order valence-electron chi connectivity index (χ4n) is 3.24. The Hall–Kier alpha value is -2.37. The van der Waals surface area contributed by atoms with Gasteiger partial charge in [-0.15, -0.1) is 0 Å². The molecule has 0 bridgehead atoms. The van der Waals surface area contributed by atoms with Gasteiger partial charge < -0.3 is 19.8 Å². The number of aliphatic hydroxyl groups excluding tert-OH is 2. The maximum Gasteiger partial charge on any atom is 0.253 e. The molecule has 1 aliphatic rings. The van der Waals surface area contributed by atoms with Crippen molar-refractivity contribution in [3.05, 3.63) is 54.1 Å². The van der Waals surface area contributed by atoms with Gasteiger partial charge in [0.25, 0.3) is 5.91 Å². The molecule has 1 saturated heterocycles. The number of ether oxygens (including phenoxy) is 1. The van der Waals surface area contributed by atoms with Crippen LogP contribution in [0.1, 0.15) is 16.8 Å². The molecule has 1 fully saturated rings. The fourth-order valence-corrected chi connectivity index (χ4v) is 3.24. The summed E-state index contributed by atoms with van der Waals surface area (Å²) < 4.78 is 5.38. The fraction of sp³-hybridized carbons (Fsp3) is 0.350. The first-order valence-corrected chi connectivity index (χ1v) is 8.45. The zero-order valence-electron chi connectivity index (χ0n) is 14.3. The van der Waals surface area contributed by atoms with Crippen molar-refractivity contribution < 1.29 is 19.7 Å². The Kier molecular flexibility index (Phi) is 5.36. The summed E-state index contributed by atoms with van der Waals surface area (Å²) in [6.45, 7) is 0.768. The van der Waals surface area contributed by atoms with Crippen molar-refractivity contribution in [2.45, 2.75) is 12.5 Å². The lowest BCUT2D eigenvalue weighted by atomic mass is 9.94. The Morgan fingerprint density at radius 1 is 1.20 bits per heavy atom. The van der Waals surface area contributed by atoms with Crippen LogP contribution in [0.25, 0.3) is 11.1 Å². The van der Waals surface area contributed by atoms with E-state index in [-0.39, 0.29) is 25.0 Å². The minimum Gasteiger partial charge on any atom is -0.496 e. The zero-order chi connectivity index (χ0) is 17.8. The van der Waals surface area contributed by atoms with E-state index in [0.29, 0.717) is 18.5 Å². The number of rotatable bonds is 4. The van der Waals surface area contributed by atoms with Gasteiger partial charge in [0.15, 0.2) is 0 Å². The second-order valence-corrected chi connectivity index (χ2v) is 6.33. The predicted molar refractivity (Wildman–Crippen MR) is 95.5 cm³/mol. The number of amides is 1. The number of benzene rings is 2. The number of carbonyl (C=O) groups excluding carboxylic acids is 1. The molecule has 1 heterocycles. The van der Waals surface area contributed by atoms with Gasteiger partial charge in [0, 0.05) is 36.7 Å². The summed E-state index contributed by atoms with van der Waals surface area (Å²) in [6, 6.07) is 15.2. The maximum atomic E-state index is 12.6. The predicted octanol–water partition coefficient (Wildman–Crippen LogP) is 2.18. The summed E-state index contributed by atoms with van der Waals surface area (Å²) in [5, 5.41) is 19.2. The number of nitrogens with zero attached hydrogens (tertiary/aromatic N) is 1. The number of methoxy groups -OCH3 is 1. The molecule has 2 N–H and O–H groups in total. The highest BCUT2D eigenvalue weighted by atomic mass is 16.5. The van der Waals surface area contributed by atoms with Crippen LogP contribution in [0.3, 0.4) is 0 Å². The largest absolute Gasteiger partial charge is 0.496 e. The molecule has 5 heteroatoms. The van der Waals surface area contributed by atoms with Crippen molar-refractivity contribution in [1.29, 1.82) is 0 Å². The quantitative estimate of drug-likeness (QED) is 0.894. The molecule has 0 unspecified atom stereocenters. The number of carbonyl (C=O) groups is 1. The van der Waals surface area contributed by atoms with Crippen LogP contribution < -0.4 is 4.74 Å². The van der Waals surface area contributed by atoms with Gasteiger partial charge in [-0.05, 0) is 30.2 Å². The maximum absolute atomic E-state index is 12.6. The van der Waals surface area contributed by atoms with Gasteiger partial charge in [0.1, 0.15) is 5.75 Å². The summed E-state index contributed by atoms with van der Waals surface area (Å²) in [6.07, 6.45) is -0.0570. The molecule has 3 rings (SSSR count). The lowest BCUT2D eigenvalue weighted by molar-refractivity contribution is 0.000878. The molecular formula is C20H23NO4. The summed E-state index contributed by atoms with van der Waals surface area (Å²) in [7, 11) is 1.64. The molecule has 1 aliphatic heterocycles. The lowest BCUT2D eigenvalue weighted by Crippen LogP contribution is -2.47. The van der Waals surface area contributed by atoms with E-state index in [4.69, 9.17) is 4.74 Å². The molecule has 25 heavy (non-hydrogen) atoms. The van der Waals surface area contributed by atoms with Crippen molar-refractivity contribution in [2.75, 3.05) is 26.8 Å². The molecular weight excluding hydrogens is 318 g/mol. The van der Waals surface area contributed by atoms with Crippen molar-refractivity contribution in [3.8, 4) is 16.9 Å². The van der Waals surface area contributed by atoms with E-state index >= 15 is 0 Å². The molecule has 0 aliphatic carbocycles. The molecule has 1 amide bonds. The van der Waals surface area contributed by atoms with Gasteiger partial charge in [-0.3, -0.25) is 4.79 Å². The first-order chi connectivity index (χ1) is 12.1. The molecule has 2 aromatic rings. The minimum atomic E-state index is -0.671. The summed E-state index contributed by atoms with van der Waals surface area (Å²) in [5.41, 5.74) is 2.55. The van der Waals surface area contributed by atoms with Gasteiger partial charge >= 0.3 is 0 Å². The zero-order valence-corrected chi connectivity index (χ0v) is 14.3. The first kappa shape index (κ1) is 17.5. The molecule has 0 radical (unpaired) electrons. The summed E-state index contributed by atoms with van der Waals surface area (Å²) >= 11 is 0. The molecule has 0 spiro atoms. The van der Waals surface area contributed by atoms with Crippen molar-refractivity contribution >= 4 is 5.91 Å². The Balaban J connectivity index is 1.75. The monoisotopic (exact) mass is 341 g/mol. The second-order valence-electron chi connectivity index (χ2n) is 6.33. The average molecular weight is 341 g/mol. The van der Waals surface area contributed by atoms with Gasteiger partial charge in [-0.25, -0.2) is 0 Å². The van der Waals surface area contributed by atoms with Crippen molar-refractivity contribution in [1.82, 2.24) is 4.90 Å². The number of hydrogen-bond acceptors (Lipinski definition) is 4. The Bertz CT molecular complexity index is 729. The molecule has 0 aromatic heterocycles. The van der Waals surface area contributed by atoms with E-state index in [1.165, 1.54) is 0 Å². The smallest absolute Gasteiger partial charge is 0.253 e. The Morgan fingerprint density at radius 3 is 2.56 bits per heavy atom. The summed E-state index contributed by atoms with van der Waals surface area (Å²) in [4.78, 5) is 14.3. The SMILES string of the molecule is COc1ccccc1-c1ccc(C(=O)N2CC[C@H](CO)[C@@H](O)C2)cc1. The van der Waals surface area contributed by atoms with Crippen LogP contribution in [0.2, 0.25) is 0 Å². The standard InChI is InChI=1S/C20H23NO4/c1-25-19-5-3-2-4-17(19)14-6-8-15(9-7-14)20(24)21-11-10-16(13-22)18(23)12-21/h2-9,16,18,22-23H,10-13H2,1H3/t16-,18+/m1/s1. The Labute approximate surface area is 147 Å². The third-order valence-corrected chi connectivity index (χ3v) is 4.79. The van der Waals surface area contributed by atoms with E-state index in [1.807, 2.05) is 36.4 Å². The van der Waals surface area contributed by atoms with Gasteiger partial charge in [-0.1, -0.05) is 30.3 Å². The first-order valence-electron chi connectivity index (χ1n) is 8.45. The van der Waals surface area contributed by atoms with Crippen molar-refractivity contribution in [3.63, 3.8) is 0 Å². The highest BCUT2D eigenvalue weighted by Gasteiger charge is 2.30. The van der Waals surface area contributed by atoms with Crippen LogP contribution in [-0.2, 0) is 0 Å². The van der Waals surface area contributed by atoms with Crippen LogP contribution in [0.15, 0.2) is 48.5 Å². The van der Waals surface area contributed by atoms with Crippen LogP contribution in [0, 0.1) is 5.92 Å². The number of aliphatic hydroxyl groups is 2. The van der Waals surface area contributed by atoms with E-state index in [1.54, 1.807) is 24.1 Å². The number of likely N-dealkylation sites (tertiary alicyclic amines) is 1. The van der Waals surface area contributed by atoms with Gasteiger partial charge in [0.05, 0.1) is 13.2 Å². The average Bonchev–Trinajstić information content (AvgIpc) is 2.67. The normalized spacial score (nSPS) is 20.4. The van der Waals surface area contributed by atoms with Gasteiger partial charge in [-0.2, -0.15) is 0 Å². The van der Waals surface area contributed by atoms with E-state index < -0.39 is 6.10 Å².